The summed E-state index contributed by atoms with van der Waals surface area (Å²) < 4.78 is 0. The van der Waals surface area contributed by atoms with Crippen LogP contribution in [0.2, 0.25) is 0 Å². The molecule has 0 saturated heterocycles. The third-order valence-corrected chi connectivity index (χ3v) is 1.75. The minimum Gasteiger partial charge on any atom is -0.0885 e. The Balaban J connectivity index is 3.17. The topological polar surface area (TPSA) is 0 Å². The first-order chi connectivity index (χ1) is 6.41. The highest BCUT2D eigenvalue weighted by Gasteiger charge is 1.78. The Morgan fingerprint density at radius 1 is 0.923 bits per heavy atom. The van der Waals surface area contributed by atoms with Gasteiger partial charge >= 0.3 is 0 Å². The van der Waals surface area contributed by atoms with Crippen LogP contribution in [0.4, 0.5) is 0 Å². The molecule has 73 valence electrons. The first-order valence-corrected chi connectivity index (χ1v) is 5.16. The van der Waals surface area contributed by atoms with Gasteiger partial charge in [0, 0.05) is 0 Å². The van der Waals surface area contributed by atoms with Crippen LogP contribution in [0.15, 0.2) is 36.5 Å². The molecule has 0 aliphatic carbocycles. The molecule has 0 saturated carbocycles. The molecule has 1 radical (unpaired) electrons. The summed E-state index contributed by atoms with van der Waals surface area (Å²) in [4.78, 5) is 0. The Hall–Kier alpha value is -0.780. The van der Waals surface area contributed by atoms with Crippen LogP contribution in [0, 0.1) is 6.92 Å². The van der Waals surface area contributed by atoms with Gasteiger partial charge in [-0.05, 0) is 39.0 Å². The van der Waals surface area contributed by atoms with Gasteiger partial charge in [-0.2, -0.15) is 0 Å². The fourth-order valence-corrected chi connectivity index (χ4v) is 1.03. The van der Waals surface area contributed by atoms with E-state index in [2.05, 4.69) is 44.2 Å². The van der Waals surface area contributed by atoms with Gasteiger partial charge in [0.1, 0.15) is 0 Å². The van der Waals surface area contributed by atoms with Gasteiger partial charge in [-0.1, -0.05) is 43.4 Å². The molecule has 0 fully saturated rings. The maximum Gasteiger partial charge on any atom is -0.0169 e. The van der Waals surface area contributed by atoms with Crippen molar-refractivity contribution < 1.29 is 0 Å². The van der Waals surface area contributed by atoms with E-state index >= 15 is 0 Å². The van der Waals surface area contributed by atoms with E-state index in [-0.39, 0.29) is 0 Å². The van der Waals surface area contributed by atoms with Crippen LogP contribution >= 0.6 is 0 Å². The van der Waals surface area contributed by atoms with Crippen LogP contribution in [0.5, 0.6) is 0 Å². The van der Waals surface area contributed by atoms with Gasteiger partial charge in [-0.25, -0.2) is 0 Å². The van der Waals surface area contributed by atoms with Crippen molar-refractivity contribution in [2.24, 2.45) is 0 Å². The van der Waals surface area contributed by atoms with Crippen molar-refractivity contribution in [2.45, 2.75) is 39.0 Å². The predicted molar refractivity (Wildman–Crippen MR) is 61.5 cm³/mol. The number of rotatable bonds is 7. The molecule has 0 N–H and O–H groups in total. The molecule has 0 aliphatic heterocycles. The van der Waals surface area contributed by atoms with E-state index in [9.17, 15) is 0 Å². The van der Waals surface area contributed by atoms with E-state index in [4.69, 9.17) is 0 Å². The largest absolute Gasteiger partial charge is 0.0885 e. The quantitative estimate of drug-likeness (QED) is 0.398. The van der Waals surface area contributed by atoms with Gasteiger partial charge in [0.05, 0.1) is 0 Å². The molecule has 0 heterocycles. The number of unbranched alkanes of at least 4 members (excludes halogenated alkanes) is 2. The fourth-order valence-electron chi connectivity index (χ4n) is 1.03. The van der Waals surface area contributed by atoms with E-state index in [0.29, 0.717) is 0 Å². The maximum absolute atomic E-state index is 3.65. The lowest BCUT2D eigenvalue weighted by atomic mass is 10.2. The Kier molecular flexibility index (Phi) is 10.5. The third kappa shape index (κ3) is 11.2. The average Bonchev–Trinajstić information content (AvgIpc) is 2.16. The van der Waals surface area contributed by atoms with Crippen molar-refractivity contribution in [3.05, 3.63) is 43.4 Å². The molecule has 0 aliphatic rings. The Labute approximate surface area is 83.0 Å². The minimum atomic E-state index is 1.08. The molecule has 0 amide bonds. The van der Waals surface area contributed by atoms with E-state index in [1.54, 1.807) is 0 Å². The van der Waals surface area contributed by atoms with Crippen molar-refractivity contribution >= 4 is 0 Å². The van der Waals surface area contributed by atoms with Crippen molar-refractivity contribution in [3.63, 3.8) is 0 Å². The van der Waals surface area contributed by atoms with Crippen LogP contribution < -0.4 is 0 Å². The van der Waals surface area contributed by atoms with E-state index in [0.717, 1.165) is 19.3 Å². The van der Waals surface area contributed by atoms with E-state index < -0.39 is 0 Å². The van der Waals surface area contributed by atoms with Crippen LogP contribution in [0.1, 0.15) is 39.0 Å². The lowest BCUT2D eigenvalue weighted by molar-refractivity contribution is 0.866. The minimum absolute atomic E-state index is 1.08. The zero-order valence-corrected chi connectivity index (χ0v) is 8.71. The molecule has 0 heteroatoms. The first-order valence-electron chi connectivity index (χ1n) is 5.16. The van der Waals surface area contributed by atoms with Crippen LogP contribution in [-0.2, 0) is 0 Å². The summed E-state index contributed by atoms with van der Waals surface area (Å²) in [6, 6.07) is 0. The Morgan fingerprint density at radius 3 is 2.31 bits per heavy atom. The van der Waals surface area contributed by atoms with Gasteiger partial charge in [0.25, 0.3) is 0 Å². The van der Waals surface area contributed by atoms with Gasteiger partial charge in [0.15, 0.2) is 0 Å². The summed E-state index contributed by atoms with van der Waals surface area (Å²) in [7, 11) is 0. The highest BCUT2D eigenvalue weighted by atomic mass is 13.8. The summed E-state index contributed by atoms with van der Waals surface area (Å²) in [5.74, 6) is 0. The summed E-state index contributed by atoms with van der Waals surface area (Å²) >= 11 is 0. The van der Waals surface area contributed by atoms with Crippen molar-refractivity contribution in [1.82, 2.24) is 0 Å². The molecule has 0 bridgehead atoms. The SMILES string of the molecule is [CH2]/C=C/CCC/C=C/C/C=C/CC. The monoisotopic (exact) mass is 177 g/mol. The van der Waals surface area contributed by atoms with Gasteiger partial charge < -0.3 is 0 Å². The zero-order chi connectivity index (χ0) is 9.78. The normalized spacial score (nSPS) is 12.5. The lowest BCUT2D eigenvalue weighted by Gasteiger charge is -1.88. The van der Waals surface area contributed by atoms with Crippen LogP contribution in [0.3, 0.4) is 0 Å². The summed E-state index contributed by atoms with van der Waals surface area (Å²) in [6.07, 6.45) is 18.7. The fraction of sp³-hybridized carbons (Fsp3) is 0.462. The van der Waals surface area contributed by atoms with Gasteiger partial charge in [-0.15, -0.1) is 0 Å². The Bertz CT molecular complexity index is 161. The van der Waals surface area contributed by atoms with Crippen LogP contribution in [-0.4, -0.2) is 0 Å². The number of hydrogen-bond acceptors (Lipinski definition) is 0. The number of allylic oxidation sites excluding steroid dienone is 6. The third-order valence-electron chi connectivity index (χ3n) is 1.75. The smallest absolute Gasteiger partial charge is 0.0169 e. The summed E-state index contributed by atoms with van der Waals surface area (Å²) in [6.45, 7) is 5.80. The first kappa shape index (κ1) is 12.2. The predicted octanol–water partition coefficient (Wildman–Crippen LogP) is 4.46. The van der Waals surface area contributed by atoms with E-state index in [1.165, 1.54) is 12.8 Å². The van der Waals surface area contributed by atoms with E-state index in [1.807, 2.05) is 6.08 Å². The number of hydrogen-bond donors (Lipinski definition) is 0. The molecule has 0 rings (SSSR count). The lowest BCUT2D eigenvalue weighted by Crippen LogP contribution is -1.68. The summed E-state index contributed by atoms with van der Waals surface area (Å²) in [5, 5.41) is 0. The van der Waals surface area contributed by atoms with Gasteiger partial charge in [-0.3, -0.25) is 0 Å². The Morgan fingerprint density at radius 2 is 1.62 bits per heavy atom. The molecule has 0 aromatic heterocycles. The molecule has 0 atom stereocenters. The second-order valence-electron chi connectivity index (χ2n) is 2.99. The maximum atomic E-state index is 3.65. The molecular weight excluding hydrogens is 156 g/mol. The molecule has 0 aromatic carbocycles. The standard InChI is InChI=1S/C13H21/c1-3-5-7-9-11-13-12-10-8-6-4-2/h3,5-6,8,12-13H,1,4,7,9-11H2,2H3/b5-3+,8-6+,13-12+. The molecular formula is C13H21. The van der Waals surface area contributed by atoms with Crippen molar-refractivity contribution in [3.8, 4) is 0 Å². The average molecular weight is 177 g/mol. The second kappa shape index (κ2) is 11.2. The van der Waals surface area contributed by atoms with Crippen molar-refractivity contribution in [2.75, 3.05) is 0 Å². The second-order valence-corrected chi connectivity index (χ2v) is 2.99. The summed E-state index contributed by atoms with van der Waals surface area (Å²) in [5.41, 5.74) is 0. The zero-order valence-electron chi connectivity index (χ0n) is 8.71. The van der Waals surface area contributed by atoms with Crippen LogP contribution in [0.25, 0.3) is 0 Å². The highest BCUT2D eigenvalue weighted by Crippen LogP contribution is 1.99. The molecule has 0 aromatic rings. The molecule has 0 spiro atoms. The highest BCUT2D eigenvalue weighted by molar-refractivity contribution is 4.92. The van der Waals surface area contributed by atoms with Crippen molar-refractivity contribution in [1.29, 1.82) is 0 Å². The molecule has 13 heavy (non-hydrogen) atoms. The molecule has 0 unspecified atom stereocenters. The molecule has 0 nitrogen and oxygen atoms in total. The van der Waals surface area contributed by atoms with Gasteiger partial charge in [0.2, 0.25) is 0 Å².